The number of para-hydroxylation sites is 2. The Hall–Kier alpha value is -3.52. The van der Waals surface area contributed by atoms with Gasteiger partial charge >= 0.3 is 0 Å². The molecule has 1 atom stereocenters. The first-order chi connectivity index (χ1) is 18.7. The highest BCUT2D eigenvalue weighted by molar-refractivity contribution is 5.76. The first-order valence-corrected chi connectivity index (χ1v) is 14.4. The summed E-state index contributed by atoms with van der Waals surface area (Å²) in [6, 6.07) is 39.6. The molecule has 0 radical (unpaired) electrons. The zero-order valence-electron chi connectivity index (χ0n) is 25.3. The molecule has 0 aliphatic rings. The van der Waals surface area contributed by atoms with Gasteiger partial charge in [-0.2, -0.15) is 0 Å². The van der Waals surface area contributed by atoms with Gasteiger partial charge in [0.15, 0.2) is 0 Å². The second-order valence-corrected chi connectivity index (χ2v) is 7.65. The number of hydrogen-bond acceptors (Lipinski definition) is 2. The topological polar surface area (TPSA) is 12.5 Å². The first-order valence-electron chi connectivity index (χ1n) is 14.4. The van der Waals surface area contributed by atoms with Gasteiger partial charge in [0.1, 0.15) is 5.75 Å². The Morgan fingerprint density at radius 3 is 1.26 bits per heavy atom. The van der Waals surface area contributed by atoms with E-state index < -0.39 is 0 Å². The van der Waals surface area contributed by atoms with E-state index in [2.05, 4.69) is 110 Å². The molecule has 0 aromatic heterocycles. The number of rotatable bonds is 7. The van der Waals surface area contributed by atoms with Crippen molar-refractivity contribution < 1.29 is 4.74 Å². The fraction of sp³-hybridized carbons (Fsp3) is 0.333. The lowest BCUT2D eigenvalue weighted by Crippen LogP contribution is -2.09. The molecule has 4 rings (SSSR count). The molecule has 4 aromatic rings. The van der Waals surface area contributed by atoms with Crippen molar-refractivity contribution in [3.05, 3.63) is 121 Å². The average Bonchev–Trinajstić information content (AvgIpc) is 3.03. The minimum absolute atomic E-state index is 0.681. The van der Waals surface area contributed by atoms with Crippen molar-refractivity contribution in [2.24, 2.45) is 0 Å². The molecule has 0 spiro atoms. The van der Waals surface area contributed by atoms with Crippen molar-refractivity contribution in [1.82, 2.24) is 0 Å². The Morgan fingerprint density at radius 1 is 0.526 bits per heavy atom. The molecule has 0 aliphatic heterocycles. The molecule has 206 valence electrons. The highest BCUT2D eigenvalue weighted by atomic mass is 16.5. The number of ether oxygens (including phenoxy) is 1. The largest absolute Gasteiger partial charge is 0.494 e. The highest BCUT2D eigenvalue weighted by Crippen LogP contribution is 2.34. The Labute approximate surface area is 234 Å². The first kappa shape index (κ1) is 34.5. The van der Waals surface area contributed by atoms with Crippen molar-refractivity contribution in [1.29, 1.82) is 0 Å². The summed E-state index contributed by atoms with van der Waals surface area (Å²) in [7, 11) is 0. The Bertz CT molecular complexity index is 976. The van der Waals surface area contributed by atoms with Crippen LogP contribution in [-0.2, 0) is 0 Å². The molecule has 2 nitrogen and oxygen atoms in total. The van der Waals surface area contributed by atoms with Gasteiger partial charge in [0.05, 0.1) is 6.61 Å². The van der Waals surface area contributed by atoms with E-state index in [0.717, 1.165) is 22.8 Å². The maximum absolute atomic E-state index is 5.53. The van der Waals surface area contributed by atoms with E-state index >= 15 is 0 Å². The van der Waals surface area contributed by atoms with Gasteiger partial charge in [-0.3, -0.25) is 0 Å². The predicted molar refractivity (Wildman–Crippen MR) is 171 cm³/mol. The van der Waals surface area contributed by atoms with Crippen LogP contribution in [0, 0.1) is 0 Å². The van der Waals surface area contributed by atoms with Crippen molar-refractivity contribution in [2.75, 3.05) is 11.5 Å². The molecule has 0 saturated carbocycles. The molecule has 0 amide bonds. The predicted octanol–water partition coefficient (Wildman–Crippen LogP) is 11.8. The summed E-state index contributed by atoms with van der Waals surface area (Å²) >= 11 is 0. The molecule has 0 fully saturated rings. The van der Waals surface area contributed by atoms with Crippen molar-refractivity contribution in [3.63, 3.8) is 0 Å². The van der Waals surface area contributed by atoms with Gasteiger partial charge in [-0.15, -0.1) is 0 Å². The van der Waals surface area contributed by atoms with Gasteiger partial charge in [-0.25, -0.2) is 0 Å². The van der Waals surface area contributed by atoms with Crippen LogP contribution in [0.25, 0.3) is 0 Å². The number of benzene rings is 4. The van der Waals surface area contributed by atoms with Crippen LogP contribution in [-0.4, -0.2) is 6.61 Å². The summed E-state index contributed by atoms with van der Waals surface area (Å²) in [6.07, 6.45) is 1.23. The third kappa shape index (κ3) is 12.1. The molecule has 0 bridgehead atoms. The zero-order chi connectivity index (χ0) is 28.6. The van der Waals surface area contributed by atoms with Crippen LogP contribution >= 0.6 is 0 Å². The lowest BCUT2D eigenvalue weighted by atomic mass is 9.99. The molecule has 0 saturated heterocycles. The van der Waals surface area contributed by atoms with E-state index in [1.165, 1.54) is 12.0 Å². The standard InChI is InChI=1S/C20H19NO.C10H14.3C2H6/c1-2-22-20-15-13-19(14-16-20)21(17-9-5-3-6-10-17)18-11-7-4-8-12-18;1-3-9(2)10-7-5-4-6-8-10;3*1-2/h3-16H,2H2,1H3;4-9H,3H2,1-2H3;3*1-2H3. The van der Waals surface area contributed by atoms with Gasteiger partial charge in [0, 0.05) is 17.1 Å². The Morgan fingerprint density at radius 2 is 0.895 bits per heavy atom. The fourth-order valence-corrected chi connectivity index (χ4v) is 3.48. The minimum atomic E-state index is 0.681. The Balaban J connectivity index is 0.000000718. The fourth-order valence-electron chi connectivity index (χ4n) is 3.48. The summed E-state index contributed by atoms with van der Waals surface area (Å²) < 4.78 is 5.53. The van der Waals surface area contributed by atoms with Gasteiger partial charge in [0.2, 0.25) is 0 Å². The van der Waals surface area contributed by atoms with E-state index in [1.54, 1.807) is 0 Å². The summed E-state index contributed by atoms with van der Waals surface area (Å²) in [6.45, 7) is 19.2. The maximum atomic E-state index is 5.53. The van der Waals surface area contributed by atoms with E-state index in [9.17, 15) is 0 Å². The van der Waals surface area contributed by atoms with Gasteiger partial charge in [0.25, 0.3) is 0 Å². The second-order valence-electron chi connectivity index (χ2n) is 7.65. The highest BCUT2D eigenvalue weighted by Gasteiger charge is 2.11. The normalized spacial score (nSPS) is 9.82. The quantitative estimate of drug-likeness (QED) is 0.244. The van der Waals surface area contributed by atoms with Crippen molar-refractivity contribution in [3.8, 4) is 5.75 Å². The summed E-state index contributed by atoms with van der Waals surface area (Å²) in [5.41, 5.74) is 4.83. The molecule has 0 aliphatic carbocycles. The van der Waals surface area contributed by atoms with Crippen molar-refractivity contribution >= 4 is 17.1 Å². The number of hydrogen-bond donors (Lipinski definition) is 0. The van der Waals surface area contributed by atoms with Crippen LogP contribution in [0.1, 0.15) is 80.2 Å². The summed E-state index contributed by atoms with van der Waals surface area (Å²) in [5.74, 6) is 1.61. The molecular weight excluding hydrogens is 462 g/mol. The van der Waals surface area contributed by atoms with Gasteiger partial charge < -0.3 is 9.64 Å². The van der Waals surface area contributed by atoms with Crippen LogP contribution in [0.5, 0.6) is 5.75 Å². The second kappa shape index (κ2) is 22.7. The molecule has 4 aromatic carbocycles. The van der Waals surface area contributed by atoms with Crippen LogP contribution < -0.4 is 9.64 Å². The average molecular weight is 514 g/mol. The van der Waals surface area contributed by atoms with Gasteiger partial charge in [-0.1, -0.05) is 122 Å². The summed E-state index contributed by atoms with van der Waals surface area (Å²) in [5, 5.41) is 0. The lowest BCUT2D eigenvalue weighted by molar-refractivity contribution is 0.340. The third-order valence-corrected chi connectivity index (χ3v) is 5.42. The van der Waals surface area contributed by atoms with E-state index in [0.29, 0.717) is 12.5 Å². The van der Waals surface area contributed by atoms with Gasteiger partial charge in [-0.05, 0) is 73.4 Å². The molecule has 0 N–H and O–H groups in total. The number of nitrogens with zero attached hydrogens (tertiary/aromatic N) is 1. The van der Waals surface area contributed by atoms with Crippen LogP contribution in [0.15, 0.2) is 115 Å². The maximum Gasteiger partial charge on any atom is 0.119 e. The van der Waals surface area contributed by atoms with E-state index in [-0.39, 0.29) is 0 Å². The van der Waals surface area contributed by atoms with Crippen LogP contribution in [0.3, 0.4) is 0 Å². The van der Waals surface area contributed by atoms with Crippen LogP contribution in [0.4, 0.5) is 17.1 Å². The third-order valence-electron chi connectivity index (χ3n) is 5.42. The smallest absolute Gasteiger partial charge is 0.119 e. The molecule has 1 unspecified atom stereocenters. The van der Waals surface area contributed by atoms with E-state index in [4.69, 9.17) is 4.74 Å². The molecular formula is C36H51NO. The monoisotopic (exact) mass is 513 g/mol. The molecule has 0 heterocycles. The van der Waals surface area contributed by atoms with Crippen molar-refractivity contribution in [2.45, 2.75) is 74.7 Å². The zero-order valence-corrected chi connectivity index (χ0v) is 25.3. The number of anilines is 3. The Kier molecular flexibility index (Phi) is 20.6. The molecule has 2 heteroatoms. The lowest BCUT2D eigenvalue weighted by Gasteiger charge is -2.25. The summed E-state index contributed by atoms with van der Waals surface area (Å²) in [4.78, 5) is 2.23. The van der Waals surface area contributed by atoms with Crippen LogP contribution in [0.2, 0.25) is 0 Å². The minimum Gasteiger partial charge on any atom is -0.494 e. The SMILES string of the molecule is CC.CC.CC.CCC(C)c1ccccc1.CCOc1ccc(N(c2ccccc2)c2ccccc2)cc1. The molecule has 38 heavy (non-hydrogen) atoms. The van der Waals surface area contributed by atoms with E-state index in [1.807, 2.05) is 72.7 Å².